The number of rotatable bonds is 6. The number of hydrogen-bond acceptors (Lipinski definition) is 7. The van der Waals surface area contributed by atoms with Crippen LogP contribution in [-0.2, 0) is 16.0 Å². The quantitative estimate of drug-likeness (QED) is 0.523. The third-order valence-corrected chi connectivity index (χ3v) is 5.63. The maximum absolute atomic E-state index is 14.1. The molecule has 9 nitrogen and oxygen atoms in total. The minimum atomic E-state index is -0.877. The highest BCUT2D eigenvalue weighted by Crippen LogP contribution is 2.27. The SMILES string of the molecule is CCOC(=O)CCc1c(C)nc2ncnn2c1N1CCN(C(=O)c2c(F)cccc2F)CC1. The third-order valence-electron chi connectivity index (χ3n) is 5.63. The molecule has 2 aromatic heterocycles. The van der Waals surface area contributed by atoms with Crippen molar-refractivity contribution in [1.82, 2.24) is 24.5 Å². The fourth-order valence-corrected chi connectivity index (χ4v) is 4.03. The van der Waals surface area contributed by atoms with E-state index in [9.17, 15) is 18.4 Å². The minimum Gasteiger partial charge on any atom is -0.466 e. The van der Waals surface area contributed by atoms with Crippen LogP contribution in [-0.4, -0.2) is 69.1 Å². The lowest BCUT2D eigenvalue weighted by Crippen LogP contribution is -2.50. The second-order valence-electron chi connectivity index (χ2n) is 7.65. The molecule has 1 aliphatic rings. The van der Waals surface area contributed by atoms with Crippen molar-refractivity contribution in [3.63, 3.8) is 0 Å². The highest BCUT2D eigenvalue weighted by Gasteiger charge is 2.29. The van der Waals surface area contributed by atoms with Gasteiger partial charge >= 0.3 is 5.97 Å². The van der Waals surface area contributed by atoms with Crippen LogP contribution in [0.2, 0.25) is 0 Å². The summed E-state index contributed by atoms with van der Waals surface area (Å²) in [6, 6.07) is 3.37. The Morgan fingerprint density at radius 3 is 2.48 bits per heavy atom. The van der Waals surface area contributed by atoms with Crippen molar-refractivity contribution in [1.29, 1.82) is 0 Å². The van der Waals surface area contributed by atoms with Crippen LogP contribution in [0.3, 0.4) is 0 Å². The van der Waals surface area contributed by atoms with E-state index in [0.29, 0.717) is 31.9 Å². The number of carbonyl (C=O) groups excluding carboxylic acids is 2. The van der Waals surface area contributed by atoms with Crippen molar-refractivity contribution in [2.45, 2.75) is 26.7 Å². The van der Waals surface area contributed by atoms with E-state index in [-0.39, 0.29) is 25.5 Å². The van der Waals surface area contributed by atoms with Crippen LogP contribution in [0.1, 0.15) is 35.0 Å². The molecular formula is C22H24F2N6O3. The van der Waals surface area contributed by atoms with Crippen molar-refractivity contribution >= 4 is 23.5 Å². The predicted octanol–water partition coefficient (Wildman–Crippen LogP) is 2.17. The molecule has 0 unspecified atom stereocenters. The summed E-state index contributed by atoms with van der Waals surface area (Å²) in [4.78, 5) is 36.8. The average Bonchev–Trinajstić information content (AvgIpc) is 3.25. The Kier molecular flexibility index (Phi) is 6.47. The molecular weight excluding hydrogens is 434 g/mol. The number of ether oxygens (including phenoxy) is 1. The highest BCUT2D eigenvalue weighted by atomic mass is 19.1. The van der Waals surface area contributed by atoms with E-state index >= 15 is 0 Å². The zero-order valence-corrected chi connectivity index (χ0v) is 18.4. The molecule has 0 radical (unpaired) electrons. The van der Waals surface area contributed by atoms with Crippen molar-refractivity contribution in [2.24, 2.45) is 0 Å². The summed E-state index contributed by atoms with van der Waals surface area (Å²) in [5.41, 5.74) is 1.02. The van der Waals surface area contributed by atoms with E-state index in [1.165, 1.54) is 17.3 Å². The smallest absolute Gasteiger partial charge is 0.306 e. The summed E-state index contributed by atoms with van der Waals surface area (Å²) in [6.45, 7) is 5.26. The number of benzene rings is 1. The van der Waals surface area contributed by atoms with Crippen LogP contribution in [0.4, 0.5) is 14.6 Å². The molecule has 3 heterocycles. The van der Waals surface area contributed by atoms with Crippen LogP contribution in [0.15, 0.2) is 24.5 Å². The second kappa shape index (κ2) is 9.47. The molecule has 0 bridgehead atoms. The molecule has 0 atom stereocenters. The van der Waals surface area contributed by atoms with Crippen LogP contribution in [0.5, 0.6) is 0 Å². The number of fused-ring (bicyclic) bond motifs is 1. The van der Waals surface area contributed by atoms with Gasteiger partial charge in [-0.3, -0.25) is 9.59 Å². The molecule has 0 spiro atoms. The van der Waals surface area contributed by atoms with Gasteiger partial charge in [0.15, 0.2) is 0 Å². The van der Waals surface area contributed by atoms with E-state index < -0.39 is 23.1 Å². The second-order valence-corrected chi connectivity index (χ2v) is 7.65. The lowest BCUT2D eigenvalue weighted by molar-refractivity contribution is -0.143. The van der Waals surface area contributed by atoms with E-state index in [1.54, 1.807) is 11.4 Å². The van der Waals surface area contributed by atoms with Crippen LogP contribution in [0.25, 0.3) is 5.78 Å². The number of piperazine rings is 1. The standard InChI is InChI=1S/C22H24F2N6O3/c1-3-33-18(31)8-7-15-14(2)27-22-25-13-26-30(22)20(15)28-9-11-29(12-10-28)21(32)19-16(23)5-4-6-17(19)24/h4-6,13H,3,7-12H2,1-2H3. The van der Waals surface area contributed by atoms with Gasteiger partial charge < -0.3 is 14.5 Å². The van der Waals surface area contributed by atoms with E-state index in [2.05, 4.69) is 15.1 Å². The van der Waals surface area contributed by atoms with Gasteiger partial charge in [0.1, 0.15) is 29.3 Å². The lowest BCUT2D eigenvalue weighted by Gasteiger charge is -2.37. The van der Waals surface area contributed by atoms with Crippen LogP contribution in [0, 0.1) is 18.6 Å². The van der Waals surface area contributed by atoms with Gasteiger partial charge in [-0.2, -0.15) is 14.6 Å². The fourth-order valence-electron chi connectivity index (χ4n) is 4.03. The minimum absolute atomic E-state index is 0.189. The highest BCUT2D eigenvalue weighted by molar-refractivity contribution is 5.95. The van der Waals surface area contributed by atoms with Crippen LogP contribution >= 0.6 is 0 Å². The molecule has 0 aliphatic carbocycles. The predicted molar refractivity (Wildman–Crippen MR) is 115 cm³/mol. The largest absolute Gasteiger partial charge is 0.466 e. The number of esters is 1. The Morgan fingerprint density at radius 2 is 1.82 bits per heavy atom. The summed E-state index contributed by atoms with van der Waals surface area (Å²) in [6.07, 6.45) is 2.00. The summed E-state index contributed by atoms with van der Waals surface area (Å²) in [5, 5.41) is 4.29. The molecule has 1 amide bonds. The first-order valence-electron chi connectivity index (χ1n) is 10.7. The summed E-state index contributed by atoms with van der Waals surface area (Å²) in [7, 11) is 0. The summed E-state index contributed by atoms with van der Waals surface area (Å²) < 4.78 is 34.8. The zero-order valence-electron chi connectivity index (χ0n) is 18.4. The van der Waals surface area contributed by atoms with Gasteiger partial charge in [-0.25, -0.2) is 13.8 Å². The summed E-state index contributed by atoms with van der Waals surface area (Å²) >= 11 is 0. The maximum Gasteiger partial charge on any atom is 0.306 e. The number of hydrogen-bond donors (Lipinski definition) is 0. The van der Waals surface area contributed by atoms with Gasteiger partial charge in [0.05, 0.1) is 6.61 Å². The maximum atomic E-state index is 14.1. The van der Waals surface area contributed by atoms with Gasteiger partial charge in [0.25, 0.3) is 11.7 Å². The molecule has 4 rings (SSSR count). The average molecular weight is 458 g/mol. The molecule has 1 fully saturated rings. The van der Waals surface area contributed by atoms with Gasteiger partial charge in [-0.15, -0.1) is 0 Å². The number of halogens is 2. The van der Waals surface area contributed by atoms with Crippen molar-refractivity contribution in [3.05, 3.63) is 53.0 Å². The fraction of sp³-hybridized carbons (Fsp3) is 0.409. The number of aromatic nitrogens is 4. The first-order chi connectivity index (χ1) is 15.9. The van der Waals surface area contributed by atoms with E-state index in [0.717, 1.165) is 29.2 Å². The normalized spacial score (nSPS) is 14.1. The number of carbonyl (C=O) groups is 2. The Hall–Kier alpha value is -3.63. The zero-order chi connectivity index (χ0) is 23.5. The third kappa shape index (κ3) is 4.48. The Balaban J connectivity index is 1.57. The van der Waals surface area contributed by atoms with Crippen LogP contribution < -0.4 is 4.90 Å². The Bertz CT molecular complexity index is 1170. The van der Waals surface area contributed by atoms with E-state index in [1.807, 2.05) is 11.8 Å². The molecule has 1 aromatic carbocycles. The molecule has 1 saturated heterocycles. The number of amides is 1. The molecule has 33 heavy (non-hydrogen) atoms. The van der Waals surface area contributed by atoms with Gasteiger partial charge in [0.2, 0.25) is 0 Å². The topological polar surface area (TPSA) is 92.9 Å². The number of anilines is 1. The van der Waals surface area contributed by atoms with Gasteiger partial charge in [0, 0.05) is 43.9 Å². The molecule has 0 saturated carbocycles. The first-order valence-corrected chi connectivity index (χ1v) is 10.7. The van der Waals surface area contributed by atoms with Crippen molar-refractivity contribution in [3.8, 4) is 0 Å². The van der Waals surface area contributed by atoms with Gasteiger partial charge in [-0.1, -0.05) is 6.07 Å². The molecule has 11 heteroatoms. The molecule has 3 aromatic rings. The molecule has 174 valence electrons. The summed E-state index contributed by atoms with van der Waals surface area (Å²) in [5.74, 6) is -1.57. The lowest BCUT2D eigenvalue weighted by atomic mass is 10.1. The first kappa shape index (κ1) is 22.6. The van der Waals surface area contributed by atoms with Crippen molar-refractivity contribution in [2.75, 3.05) is 37.7 Å². The molecule has 0 N–H and O–H groups in total. The van der Waals surface area contributed by atoms with E-state index in [4.69, 9.17) is 4.74 Å². The number of nitrogens with zero attached hydrogens (tertiary/aromatic N) is 6. The Morgan fingerprint density at radius 1 is 1.12 bits per heavy atom. The van der Waals surface area contributed by atoms with Gasteiger partial charge in [-0.05, 0) is 32.4 Å². The Labute approximate surface area is 189 Å². The van der Waals surface area contributed by atoms with Crippen molar-refractivity contribution < 1.29 is 23.1 Å². The monoisotopic (exact) mass is 458 g/mol. The molecule has 1 aliphatic heterocycles. The number of aryl methyl sites for hydroxylation is 1.